The van der Waals surface area contributed by atoms with E-state index in [1.54, 1.807) is 0 Å². The summed E-state index contributed by atoms with van der Waals surface area (Å²) in [5.74, 6) is 0. The van der Waals surface area contributed by atoms with Gasteiger partial charge in [-0.1, -0.05) is 45.0 Å². The van der Waals surface area contributed by atoms with Crippen LogP contribution in [0.4, 0.5) is 0 Å². The zero-order valence-corrected chi connectivity index (χ0v) is 13.2. The van der Waals surface area contributed by atoms with Crippen molar-refractivity contribution in [2.75, 3.05) is 13.1 Å². The summed E-state index contributed by atoms with van der Waals surface area (Å²) in [4.78, 5) is 2.47. The minimum absolute atomic E-state index is 0. The lowest BCUT2D eigenvalue weighted by atomic mass is 9.86. The van der Waals surface area contributed by atoms with Crippen molar-refractivity contribution in [3.63, 3.8) is 0 Å². The Morgan fingerprint density at radius 2 is 1.84 bits per heavy atom. The molecule has 0 radical (unpaired) electrons. The Labute approximate surface area is 123 Å². The Balaban J connectivity index is 0.00000180. The van der Waals surface area contributed by atoms with E-state index in [4.69, 9.17) is 5.73 Å². The number of hydrogen-bond donors (Lipinski definition) is 1. The topological polar surface area (TPSA) is 29.3 Å². The zero-order valence-electron chi connectivity index (χ0n) is 12.4. The van der Waals surface area contributed by atoms with Gasteiger partial charge in [0.2, 0.25) is 0 Å². The fourth-order valence-electron chi connectivity index (χ4n) is 2.60. The van der Waals surface area contributed by atoms with Gasteiger partial charge in [-0.25, -0.2) is 0 Å². The molecule has 1 unspecified atom stereocenters. The first-order valence-electron chi connectivity index (χ1n) is 7.02. The monoisotopic (exact) mass is 282 g/mol. The average Bonchev–Trinajstić information content (AvgIpc) is 2.28. The van der Waals surface area contributed by atoms with Gasteiger partial charge in [0.1, 0.15) is 0 Å². The molecule has 0 saturated carbocycles. The third-order valence-electron chi connectivity index (χ3n) is 3.77. The van der Waals surface area contributed by atoms with E-state index in [0.29, 0.717) is 6.04 Å². The van der Waals surface area contributed by atoms with Gasteiger partial charge in [0.15, 0.2) is 0 Å². The van der Waals surface area contributed by atoms with E-state index in [0.717, 1.165) is 13.1 Å². The maximum Gasteiger partial charge on any atom is 0.0234 e. The van der Waals surface area contributed by atoms with E-state index in [9.17, 15) is 0 Å². The largest absolute Gasteiger partial charge is 0.327 e. The van der Waals surface area contributed by atoms with Gasteiger partial charge in [0.05, 0.1) is 0 Å². The quantitative estimate of drug-likeness (QED) is 0.902. The van der Waals surface area contributed by atoms with Crippen LogP contribution in [0.15, 0.2) is 24.3 Å². The van der Waals surface area contributed by atoms with Crippen LogP contribution in [0.3, 0.4) is 0 Å². The number of rotatable bonds is 2. The molecule has 0 amide bonds. The maximum absolute atomic E-state index is 6.02. The van der Waals surface area contributed by atoms with Crippen molar-refractivity contribution in [1.29, 1.82) is 0 Å². The van der Waals surface area contributed by atoms with Gasteiger partial charge in [-0.05, 0) is 35.9 Å². The molecule has 2 nitrogen and oxygen atoms in total. The minimum Gasteiger partial charge on any atom is -0.327 e. The molecule has 1 saturated heterocycles. The summed E-state index contributed by atoms with van der Waals surface area (Å²) in [5.41, 5.74) is 9.06. The van der Waals surface area contributed by atoms with E-state index in [-0.39, 0.29) is 17.8 Å². The maximum atomic E-state index is 6.02. The van der Waals surface area contributed by atoms with E-state index >= 15 is 0 Å². The van der Waals surface area contributed by atoms with Crippen molar-refractivity contribution in [2.45, 2.75) is 51.6 Å². The summed E-state index contributed by atoms with van der Waals surface area (Å²) in [5, 5.41) is 0. The highest BCUT2D eigenvalue weighted by Crippen LogP contribution is 2.22. The van der Waals surface area contributed by atoms with Gasteiger partial charge in [-0.3, -0.25) is 4.90 Å². The molecule has 1 fully saturated rings. The number of halogens is 1. The highest BCUT2D eigenvalue weighted by atomic mass is 35.5. The van der Waals surface area contributed by atoms with Gasteiger partial charge >= 0.3 is 0 Å². The molecular formula is C16H27ClN2. The molecule has 1 atom stereocenters. The van der Waals surface area contributed by atoms with Crippen LogP contribution < -0.4 is 5.73 Å². The van der Waals surface area contributed by atoms with Crippen molar-refractivity contribution in [1.82, 2.24) is 4.90 Å². The molecule has 2 rings (SSSR count). The Morgan fingerprint density at radius 1 is 1.21 bits per heavy atom. The molecular weight excluding hydrogens is 256 g/mol. The van der Waals surface area contributed by atoms with Gasteiger partial charge in [0, 0.05) is 19.1 Å². The predicted octanol–water partition coefficient (Wildman–Crippen LogP) is 3.33. The second-order valence-electron chi connectivity index (χ2n) is 6.58. The fourth-order valence-corrected chi connectivity index (χ4v) is 2.60. The molecule has 1 aromatic rings. The number of likely N-dealkylation sites (tertiary alicyclic amines) is 1. The molecule has 0 spiro atoms. The van der Waals surface area contributed by atoms with E-state index in [2.05, 4.69) is 49.9 Å². The standard InChI is InChI=1S/C16H26N2.ClH/c1-16(2,3)14-8-6-13(7-9-14)11-18-10-4-5-15(17)12-18;/h6-9,15H,4-5,10-12,17H2,1-3H3;1H. The normalized spacial score (nSPS) is 20.9. The van der Waals surface area contributed by atoms with Crippen LogP contribution in [0.5, 0.6) is 0 Å². The van der Waals surface area contributed by atoms with Crippen molar-refractivity contribution in [2.24, 2.45) is 5.73 Å². The molecule has 3 heteroatoms. The van der Waals surface area contributed by atoms with E-state index in [1.807, 2.05) is 0 Å². The molecule has 0 aliphatic carbocycles. The molecule has 1 aliphatic rings. The Bertz CT molecular complexity index is 381. The summed E-state index contributed by atoms with van der Waals surface area (Å²) < 4.78 is 0. The lowest BCUT2D eigenvalue weighted by molar-refractivity contribution is 0.201. The minimum atomic E-state index is 0. The second kappa shape index (κ2) is 6.74. The third kappa shape index (κ3) is 4.79. The van der Waals surface area contributed by atoms with Crippen LogP contribution in [0.1, 0.15) is 44.7 Å². The molecule has 1 aromatic carbocycles. The lowest BCUT2D eigenvalue weighted by Gasteiger charge is -2.30. The number of nitrogens with two attached hydrogens (primary N) is 1. The van der Waals surface area contributed by atoms with Crippen LogP contribution in [-0.2, 0) is 12.0 Å². The van der Waals surface area contributed by atoms with Crippen molar-refractivity contribution in [3.05, 3.63) is 35.4 Å². The summed E-state index contributed by atoms with van der Waals surface area (Å²) in [6.45, 7) is 10.0. The highest BCUT2D eigenvalue weighted by molar-refractivity contribution is 5.85. The summed E-state index contributed by atoms with van der Waals surface area (Å²) >= 11 is 0. The van der Waals surface area contributed by atoms with E-state index < -0.39 is 0 Å². The summed E-state index contributed by atoms with van der Waals surface area (Å²) in [7, 11) is 0. The van der Waals surface area contributed by atoms with Crippen LogP contribution in [0.25, 0.3) is 0 Å². The number of piperidine rings is 1. The molecule has 0 aromatic heterocycles. The van der Waals surface area contributed by atoms with Crippen molar-refractivity contribution in [3.8, 4) is 0 Å². The average molecular weight is 283 g/mol. The SMILES string of the molecule is CC(C)(C)c1ccc(CN2CCCC(N)C2)cc1.Cl. The predicted molar refractivity (Wildman–Crippen MR) is 84.9 cm³/mol. The van der Waals surface area contributed by atoms with Crippen LogP contribution in [0.2, 0.25) is 0 Å². The van der Waals surface area contributed by atoms with Gasteiger partial charge in [-0.15, -0.1) is 12.4 Å². The Kier molecular flexibility index (Phi) is 5.84. The van der Waals surface area contributed by atoms with Gasteiger partial charge in [-0.2, -0.15) is 0 Å². The first-order valence-corrected chi connectivity index (χ1v) is 7.02. The third-order valence-corrected chi connectivity index (χ3v) is 3.77. The second-order valence-corrected chi connectivity index (χ2v) is 6.58. The molecule has 0 bridgehead atoms. The highest BCUT2D eigenvalue weighted by Gasteiger charge is 2.17. The van der Waals surface area contributed by atoms with Crippen molar-refractivity contribution < 1.29 is 0 Å². The van der Waals surface area contributed by atoms with Crippen LogP contribution in [0, 0.1) is 0 Å². The first-order chi connectivity index (χ1) is 8.45. The smallest absolute Gasteiger partial charge is 0.0234 e. The molecule has 108 valence electrons. The van der Waals surface area contributed by atoms with Crippen LogP contribution in [-0.4, -0.2) is 24.0 Å². The molecule has 1 aliphatic heterocycles. The van der Waals surface area contributed by atoms with Crippen LogP contribution >= 0.6 is 12.4 Å². The van der Waals surface area contributed by atoms with Crippen molar-refractivity contribution >= 4 is 12.4 Å². The lowest BCUT2D eigenvalue weighted by Crippen LogP contribution is -2.42. The number of hydrogen-bond acceptors (Lipinski definition) is 2. The van der Waals surface area contributed by atoms with Gasteiger partial charge in [0.25, 0.3) is 0 Å². The van der Waals surface area contributed by atoms with E-state index in [1.165, 1.54) is 30.5 Å². The number of nitrogens with zero attached hydrogens (tertiary/aromatic N) is 1. The first kappa shape index (κ1) is 16.5. The Hall–Kier alpha value is -0.570. The summed E-state index contributed by atoms with van der Waals surface area (Å²) in [6.07, 6.45) is 2.42. The number of benzene rings is 1. The zero-order chi connectivity index (χ0) is 13.2. The van der Waals surface area contributed by atoms with Gasteiger partial charge < -0.3 is 5.73 Å². The fraction of sp³-hybridized carbons (Fsp3) is 0.625. The molecule has 2 N–H and O–H groups in total. The molecule has 1 heterocycles. The summed E-state index contributed by atoms with van der Waals surface area (Å²) in [6, 6.07) is 9.42. The molecule has 19 heavy (non-hydrogen) atoms. The Morgan fingerprint density at radius 3 is 2.37 bits per heavy atom.